The van der Waals surface area contributed by atoms with Gasteiger partial charge in [-0.3, -0.25) is 0 Å². The monoisotopic (exact) mass is 198 g/mol. The molecular weight excluding hydrogens is 185 g/mol. The Hall–Kier alpha value is 1.10. The molecule has 0 heterocycles. The van der Waals surface area contributed by atoms with Crippen LogP contribution in [0.3, 0.4) is 0 Å². The van der Waals surface area contributed by atoms with Gasteiger partial charge in [0.1, 0.15) is 0 Å². The molecule has 9 heavy (non-hydrogen) atoms. The Balaban J connectivity index is 0.000000405. The molecule has 3 unspecified atom stereocenters. The van der Waals surface area contributed by atoms with Crippen LogP contribution < -0.4 is 0 Å². The first kappa shape index (κ1) is 8.20. The van der Waals surface area contributed by atoms with Crippen molar-refractivity contribution in [2.45, 2.75) is 26.2 Å². The fourth-order valence-corrected chi connectivity index (χ4v) is 2.29. The molecule has 0 N–H and O–H groups in total. The topological polar surface area (TPSA) is 0 Å². The van der Waals surface area contributed by atoms with Crippen molar-refractivity contribution in [3.05, 3.63) is 6.42 Å². The van der Waals surface area contributed by atoms with Crippen LogP contribution in [0.25, 0.3) is 0 Å². The minimum atomic E-state index is 0. The zero-order valence-corrected chi connectivity index (χ0v) is 8.85. The fourth-order valence-electron chi connectivity index (χ4n) is 2.29. The molecule has 3 atom stereocenters. The van der Waals surface area contributed by atoms with Gasteiger partial charge < -0.3 is 6.42 Å². The van der Waals surface area contributed by atoms with E-state index < -0.39 is 0 Å². The van der Waals surface area contributed by atoms with Crippen molar-refractivity contribution < 1.29 is 32.7 Å². The van der Waals surface area contributed by atoms with Crippen molar-refractivity contribution in [2.24, 2.45) is 17.8 Å². The fraction of sp³-hybridized carbons (Fsp3) is 0.875. The van der Waals surface area contributed by atoms with Gasteiger partial charge >= 0.3 is 0 Å². The van der Waals surface area contributed by atoms with E-state index in [1.54, 1.807) is 0 Å². The van der Waals surface area contributed by atoms with E-state index in [0.29, 0.717) is 0 Å². The van der Waals surface area contributed by atoms with Gasteiger partial charge in [0.05, 0.1) is 0 Å². The van der Waals surface area contributed by atoms with Crippen LogP contribution in [0, 0.1) is 24.2 Å². The molecule has 0 aromatic carbocycles. The maximum absolute atomic E-state index is 2.55. The molecule has 2 rings (SSSR count). The molecule has 0 aromatic heterocycles. The summed E-state index contributed by atoms with van der Waals surface area (Å²) in [6.07, 6.45) is 7.08. The number of fused-ring (bicyclic) bond motifs is 2. The van der Waals surface area contributed by atoms with Crippen molar-refractivity contribution in [1.82, 2.24) is 0 Å². The summed E-state index contributed by atoms with van der Waals surface area (Å²) < 4.78 is 0. The molecule has 0 nitrogen and oxygen atoms in total. The van der Waals surface area contributed by atoms with Crippen LogP contribution in [0.2, 0.25) is 0 Å². The smallest absolute Gasteiger partial charge is 0 e. The third kappa shape index (κ3) is 1.40. The first-order valence-corrected chi connectivity index (χ1v) is 3.71. The number of hydrogen-bond acceptors (Lipinski definition) is 0. The quantitative estimate of drug-likeness (QED) is 0.523. The molecule has 2 bridgehead atoms. The first-order valence-electron chi connectivity index (χ1n) is 3.71. The third-order valence-electron chi connectivity index (χ3n) is 2.83. The minimum Gasteiger partial charge on any atom is -0.322 e. The minimum absolute atomic E-state index is 0. The summed E-state index contributed by atoms with van der Waals surface area (Å²) in [6, 6.07) is 0. The average molecular weight is 198 g/mol. The SMILES string of the molecule is CC1[CH-]C2CCC1C2.[Y]. The maximum Gasteiger partial charge on any atom is 0 e. The summed E-state index contributed by atoms with van der Waals surface area (Å²) in [7, 11) is 0. The Bertz CT molecular complexity index is 98.7. The Morgan fingerprint density at radius 1 is 1.33 bits per heavy atom. The van der Waals surface area contributed by atoms with Crippen molar-refractivity contribution in [1.29, 1.82) is 0 Å². The van der Waals surface area contributed by atoms with Gasteiger partial charge in [-0.15, -0.1) is 0 Å². The van der Waals surface area contributed by atoms with Crippen molar-refractivity contribution in [2.75, 3.05) is 0 Å². The summed E-state index contributed by atoms with van der Waals surface area (Å²) >= 11 is 0. The Labute approximate surface area is 82.7 Å². The molecule has 0 aliphatic heterocycles. The Morgan fingerprint density at radius 3 is 2.33 bits per heavy atom. The normalized spacial score (nSPS) is 47.0. The van der Waals surface area contributed by atoms with Gasteiger partial charge in [0.25, 0.3) is 0 Å². The van der Waals surface area contributed by atoms with Gasteiger partial charge in [0.2, 0.25) is 0 Å². The molecule has 0 amide bonds. The van der Waals surface area contributed by atoms with Gasteiger partial charge in [-0.05, 0) is 0 Å². The molecule has 2 saturated carbocycles. The Morgan fingerprint density at radius 2 is 2.11 bits per heavy atom. The van der Waals surface area contributed by atoms with Crippen LogP contribution in [0.4, 0.5) is 0 Å². The molecule has 2 aliphatic carbocycles. The van der Waals surface area contributed by atoms with E-state index in [9.17, 15) is 0 Å². The molecule has 2 fully saturated rings. The summed E-state index contributed by atoms with van der Waals surface area (Å²) in [5.41, 5.74) is 0. The number of hydrogen-bond donors (Lipinski definition) is 0. The zero-order valence-electron chi connectivity index (χ0n) is 6.01. The van der Waals surface area contributed by atoms with Crippen molar-refractivity contribution in [3.63, 3.8) is 0 Å². The second-order valence-corrected chi connectivity index (χ2v) is 3.38. The number of rotatable bonds is 0. The second kappa shape index (κ2) is 3.01. The van der Waals surface area contributed by atoms with E-state index in [-0.39, 0.29) is 32.7 Å². The van der Waals surface area contributed by atoms with Gasteiger partial charge in [-0.1, -0.05) is 32.1 Å². The van der Waals surface area contributed by atoms with Gasteiger partial charge in [-0.25, -0.2) is 0 Å². The van der Waals surface area contributed by atoms with Gasteiger partial charge in [0, 0.05) is 32.7 Å². The summed E-state index contributed by atoms with van der Waals surface area (Å²) in [5, 5.41) is 0. The first-order chi connectivity index (χ1) is 3.86. The van der Waals surface area contributed by atoms with Crippen LogP contribution in [-0.2, 0) is 32.7 Å². The van der Waals surface area contributed by atoms with Crippen LogP contribution in [0.1, 0.15) is 26.2 Å². The van der Waals surface area contributed by atoms with Crippen LogP contribution in [0.15, 0.2) is 0 Å². The van der Waals surface area contributed by atoms with E-state index in [1.807, 2.05) is 0 Å². The van der Waals surface area contributed by atoms with E-state index in [1.165, 1.54) is 19.3 Å². The standard InChI is InChI=1S/C8H13.Y/c1-6-4-7-2-3-8(6)5-7;/h4,6-8H,2-3,5H2,1H3;/q-1;. The molecule has 1 heteroatoms. The van der Waals surface area contributed by atoms with Gasteiger partial charge in [-0.2, -0.15) is 11.8 Å². The predicted octanol–water partition coefficient (Wildman–Crippen LogP) is 2.25. The Kier molecular flexibility index (Phi) is 2.74. The summed E-state index contributed by atoms with van der Waals surface area (Å²) in [6.45, 7) is 2.36. The van der Waals surface area contributed by atoms with Crippen LogP contribution in [0.5, 0.6) is 0 Å². The van der Waals surface area contributed by atoms with Crippen molar-refractivity contribution >= 4 is 0 Å². The third-order valence-corrected chi connectivity index (χ3v) is 2.83. The van der Waals surface area contributed by atoms with E-state index in [2.05, 4.69) is 13.3 Å². The largest absolute Gasteiger partial charge is 0.322 e. The predicted molar refractivity (Wildman–Crippen MR) is 34.3 cm³/mol. The maximum atomic E-state index is 2.55. The summed E-state index contributed by atoms with van der Waals surface area (Å²) in [5.74, 6) is 3.06. The molecule has 2 aliphatic rings. The van der Waals surface area contributed by atoms with Crippen LogP contribution in [-0.4, -0.2) is 0 Å². The van der Waals surface area contributed by atoms with E-state index in [0.717, 1.165) is 17.8 Å². The zero-order chi connectivity index (χ0) is 5.56. The molecule has 0 spiro atoms. The van der Waals surface area contributed by atoms with Gasteiger partial charge in [0.15, 0.2) is 0 Å². The molecule has 0 saturated heterocycles. The second-order valence-electron chi connectivity index (χ2n) is 3.38. The molecule has 1 radical (unpaired) electrons. The molecule has 0 aromatic rings. The van der Waals surface area contributed by atoms with E-state index >= 15 is 0 Å². The average Bonchev–Trinajstić information content (AvgIpc) is 2.23. The van der Waals surface area contributed by atoms with E-state index in [4.69, 9.17) is 0 Å². The molecular formula is C8H13Y-. The van der Waals surface area contributed by atoms with Crippen LogP contribution >= 0.6 is 0 Å². The molecule has 49 valence electrons. The summed E-state index contributed by atoms with van der Waals surface area (Å²) in [4.78, 5) is 0. The van der Waals surface area contributed by atoms with Crippen molar-refractivity contribution in [3.8, 4) is 0 Å².